The summed E-state index contributed by atoms with van der Waals surface area (Å²) in [6.45, 7) is 1.53. The van der Waals surface area contributed by atoms with Crippen molar-refractivity contribution in [1.29, 1.82) is 0 Å². The molecule has 0 aromatic heterocycles. The summed E-state index contributed by atoms with van der Waals surface area (Å²) in [5, 5.41) is 18.7. The summed E-state index contributed by atoms with van der Waals surface area (Å²) in [4.78, 5) is 9.87. The van der Waals surface area contributed by atoms with E-state index in [0.29, 0.717) is 0 Å². The Balaban J connectivity index is 0. The number of nitrogens with one attached hydrogen (secondary N) is 1. The Labute approximate surface area is 73.5 Å². The Hall–Kier alpha value is 0.0643. The molecule has 10 heavy (non-hydrogen) atoms. The quantitative estimate of drug-likeness (QED) is 0.307. The zero-order valence-corrected chi connectivity index (χ0v) is 7.10. The first-order valence-electron chi connectivity index (χ1n) is 2.46. The van der Waals surface area contributed by atoms with Gasteiger partial charge in [0.25, 0.3) is 0 Å². The maximum atomic E-state index is 9.87. The fourth-order valence-electron chi connectivity index (χ4n) is 0.320. The van der Waals surface area contributed by atoms with Crippen LogP contribution in [0.3, 0.4) is 0 Å². The molecule has 0 rings (SSSR count). The minimum atomic E-state index is -1.56. The van der Waals surface area contributed by atoms with Gasteiger partial charge >= 0.3 is 5.97 Å². The van der Waals surface area contributed by atoms with E-state index < -0.39 is 18.4 Å². The van der Waals surface area contributed by atoms with Gasteiger partial charge in [0.15, 0.2) is 0 Å². The first-order chi connectivity index (χ1) is 4.04. The van der Waals surface area contributed by atoms with Crippen molar-refractivity contribution >= 4 is 5.97 Å². The van der Waals surface area contributed by atoms with Crippen molar-refractivity contribution in [3.05, 3.63) is 0 Å². The number of rotatable bonds is 3. The molecule has 0 saturated heterocycles. The van der Waals surface area contributed by atoms with Crippen molar-refractivity contribution in [3.63, 3.8) is 0 Å². The second-order valence-electron chi connectivity index (χ2n) is 1.70. The van der Waals surface area contributed by atoms with E-state index >= 15 is 0 Å². The Bertz CT molecular complexity index is 109. The van der Waals surface area contributed by atoms with Gasteiger partial charge in [-0.2, -0.15) is 0 Å². The molecule has 2 atom stereocenters. The van der Waals surface area contributed by atoms with Gasteiger partial charge in [0.1, 0.15) is 0 Å². The Morgan fingerprint density at radius 1 is 1.70 bits per heavy atom. The average molecular weight is 182 g/mol. The number of carbonyl (C=O) groups is 1. The van der Waals surface area contributed by atoms with E-state index in [2.05, 4.69) is 5.32 Å². The average Bonchev–Trinajstić information content (AvgIpc) is 1.63. The number of hydrogen-bond donors (Lipinski definition) is 4. The van der Waals surface area contributed by atoms with Crippen LogP contribution in [-0.4, -0.2) is 28.6 Å². The standard InChI is InChI=1S/C4H10N2O3.Ti/c1-2(5)6-3(7)4(8)9;/h2-3,6-7H,5H2,1H3,(H,8,9);. The number of hydrogen-bond acceptors (Lipinski definition) is 4. The molecule has 0 saturated carbocycles. The summed E-state index contributed by atoms with van der Waals surface area (Å²) in [5.74, 6) is -1.33. The van der Waals surface area contributed by atoms with Crippen molar-refractivity contribution < 1.29 is 36.7 Å². The zero-order chi connectivity index (χ0) is 7.44. The number of carboxylic acid groups (broad SMARTS) is 1. The molecule has 0 radical (unpaired) electrons. The predicted molar refractivity (Wildman–Crippen MR) is 30.4 cm³/mol. The molecule has 0 bridgehead atoms. The summed E-state index contributed by atoms with van der Waals surface area (Å²) < 4.78 is 0. The van der Waals surface area contributed by atoms with Gasteiger partial charge in [-0.1, -0.05) is 0 Å². The molecular formula is C4H10N2O3Ti. The van der Waals surface area contributed by atoms with E-state index in [0.717, 1.165) is 0 Å². The summed E-state index contributed by atoms with van der Waals surface area (Å²) >= 11 is 0. The molecule has 5 N–H and O–H groups in total. The van der Waals surface area contributed by atoms with Gasteiger partial charge in [0.2, 0.25) is 6.23 Å². The number of carboxylic acids is 1. The van der Waals surface area contributed by atoms with Crippen molar-refractivity contribution in [2.75, 3.05) is 0 Å². The number of aliphatic hydroxyl groups excluding tert-OH is 1. The van der Waals surface area contributed by atoms with Gasteiger partial charge in [0, 0.05) is 21.7 Å². The SMILES string of the molecule is CC(N)NC(O)C(=O)O.[Ti]. The summed E-state index contributed by atoms with van der Waals surface area (Å²) in [6, 6.07) is 0. The fraction of sp³-hybridized carbons (Fsp3) is 0.750. The Morgan fingerprint density at radius 3 is 2.20 bits per heavy atom. The van der Waals surface area contributed by atoms with Crippen LogP contribution in [0.15, 0.2) is 0 Å². The van der Waals surface area contributed by atoms with Crippen molar-refractivity contribution in [2.24, 2.45) is 5.73 Å². The van der Waals surface area contributed by atoms with Gasteiger partial charge in [-0.05, 0) is 6.92 Å². The second-order valence-corrected chi connectivity index (χ2v) is 1.70. The van der Waals surface area contributed by atoms with E-state index in [1.54, 1.807) is 0 Å². The van der Waals surface area contributed by atoms with Crippen LogP contribution in [0, 0.1) is 0 Å². The molecule has 0 heterocycles. The Morgan fingerprint density at radius 2 is 2.10 bits per heavy atom. The Kier molecular flexibility index (Phi) is 7.40. The normalized spacial score (nSPS) is 15.1. The molecule has 0 aromatic carbocycles. The molecule has 0 spiro atoms. The molecule has 58 valence electrons. The van der Waals surface area contributed by atoms with Crippen LogP contribution in [0.5, 0.6) is 0 Å². The van der Waals surface area contributed by atoms with E-state index in [9.17, 15) is 4.79 Å². The van der Waals surface area contributed by atoms with Crippen LogP contribution >= 0.6 is 0 Å². The van der Waals surface area contributed by atoms with Gasteiger partial charge in [-0.25, -0.2) is 4.79 Å². The smallest absolute Gasteiger partial charge is 0.347 e. The van der Waals surface area contributed by atoms with Crippen LogP contribution in [-0.2, 0) is 26.5 Å². The molecular weight excluding hydrogens is 172 g/mol. The first-order valence-corrected chi connectivity index (χ1v) is 2.46. The maximum Gasteiger partial charge on any atom is 0.347 e. The van der Waals surface area contributed by atoms with Crippen molar-refractivity contribution in [3.8, 4) is 0 Å². The molecule has 0 amide bonds. The summed E-state index contributed by atoms with van der Waals surface area (Å²) in [7, 11) is 0. The third kappa shape index (κ3) is 6.19. The van der Waals surface area contributed by atoms with Gasteiger partial charge < -0.3 is 15.9 Å². The predicted octanol–water partition coefficient (Wildman–Crippen LogP) is -1.72. The molecule has 2 unspecified atom stereocenters. The molecule has 0 aromatic rings. The van der Waals surface area contributed by atoms with Gasteiger partial charge in [-0.3, -0.25) is 5.32 Å². The summed E-state index contributed by atoms with van der Waals surface area (Å²) in [5.41, 5.74) is 5.10. The first kappa shape index (κ1) is 12.7. The van der Waals surface area contributed by atoms with Crippen LogP contribution in [0.2, 0.25) is 0 Å². The van der Waals surface area contributed by atoms with Crippen molar-refractivity contribution in [1.82, 2.24) is 5.32 Å². The summed E-state index contributed by atoms with van der Waals surface area (Å²) in [6.07, 6.45) is -2.08. The number of aliphatic carboxylic acids is 1. The molecule has 0 aliphatic carbocycles. The minimum Gasteiger partial charge on any atom is -0.478 e. The molecule has 6 heteroatoms. The monoisotopic (exact) mass is 182 g/mol. The van der Waals surface area contributed by atoms with Crippen molar-refractivity contribution in [2.45, 2.75) is 19.3 Å². The van der Waals surface area contributed by atoms with Crippen LogP contribution in [0.1, 0.15) is 6.92 Å². The minimum absolute atomic E-state index is 0. The topological polar surface area (TPSA) is 95.6 Å². The molecule has 0 aliphatic heterocycles. The molecule has 5 nitrogen and oxygen atoms in total. The van der Waals surface area contributed by atoms with Gasteiger partial charge in [-0.15, -0.1) is 0 Å². The zero-order valence-electron chi connectivity index (χ0n) is 5.53. The third-order valence-corrected chi connectivity index (χ3v) is 0.655. The van der Waals surface area contributed by atoms with Crippen LogP contribution in [0.4, 0.5) is 0 Å². The van der Waals surface area contributed by atoms with E-state index in [4.69, 9.17) is 15.9 Å². The van der Waals surface area contributed by atoms with E-state index in [-0.39, 0.29) is 21.7 Å². The van der Waals surface area contributed by atoms with Gasteiger partial charge in [0.05, 0.1) is 6.17 Å². The fourth-order valence-corrected chi connectivity index (χ4v) is 0.320. The number of nitrogens with two attached hydrogens (primary N) is 1. The maximum absolute atomic E-state index is 9.87. The van der Waals surface area contributed by atoms with Crippen LogP contribution in [0.25, 0.3) is 0 Å². The molecule has 0 fully saturated rings. The van der Waals surface area contributed by atoms with E-state index in [1.165, 1.54) is 6.92 Å². The number of aliphatic hydroxyl groups is 1. The van der Waals surface area contributed by atoms with Crippen LogP contribution < -0.4 is 11.1 Å². The van der Waals surface area contributed by atoms with E-state index in [1.807, 2.05) is 0 Å². The third-order valence-electron chi connectivity index (χ3n) is 0.655. The molecule has 0 aliphatic rings. The second kappa shape index (κ2) is 5.82. The largest absolute Gasteiger partial charge is 0.478 e.